The van der Waals surface area contributed by atoms with Crippen LogP contribution in [-0.4, -0.2) is 18.1 Å². The molecule has 1 N–H and O–H groups in total. The minimum Gasteiger partial charge on any atom is -0.489 e. The molecule has 0 saturated heterocycles. The number of rotatable bonds is 8. The Balaban J connectivity index is 1.29. The molecule has 0 heterocycles. The number of carbonyl (C=O) groups is 2. The molecular formula is C32H21Cl3N2O4. The third-order valence-corrected chi connectivity index (χ3v) is 6.88. The second-order valence-corrected chi connectivity index (χ2v) is 10.1. The summed E-state index contributed by atoms with van der Waals surface area (Å²) in [5, 5.41) is 7.06. The highest BCUT2D eigenvalue weighted by molar-refractivity contribution is 6.36. The molecule has 0 fully saturated rings. The number of esters is 1. The molecule has 0 radical (unpaired) electrons. The zero-order valence-corrected chi connectivity index (χ0v) is 23.6. The van der Waals surface area contributed by atoms with Crippen molar-refractivity contribution in [2.75, 3.05) is 0 Å². The third kappa shape index (κ3) is 7.05. The van der Waals surface area contributed by atoms with Crippen LogP contribution in [0.1, 0.15) is 31.8 Å². The van der Waals surface area contributed by atoms with Crippen molar-refractivity contribution >= 4 is 63.7 Å². The molecule has 0 bridgehead atoms. The monoisotopic (exact) mass is 602 g/mol. The highest BCUT2D eigenvalue weighted by Gasteiger charge is 2.16. The Kier molecular flexibility index (Phi) is 8.85. The average molecular weight is 604 g/mol. The number of fused-ring (bicyclic) bond motifs is 1. The standard InChI is InChI=1S/C32H21Cl3N2O4/c33-23-10-5-20(6-11-23)19-40-25-13-7-22(8-14-25)31(38)37-36-18-28-26-4-2-1-3-21(26)9-16-30(28)41-32(39)27-15-12-24(34)17-29(27)35/h1-18H,19H2,(H,37,38). The van der Waals surface area contributed by atoms with Crippen molar-refractivity contribution in [2.45, 2.75) is 6.61 Å². The van der Waals surface area contributed by atoms with Crippen LogP contribution in [0.25, 0.3) is 10.8 Å². The van der Waals surface area contributed by atoms with Crippen molar-refractivity contribution in [3.05, 3.63) is 140 Å². The first-order chi connectivity index (χ1) is 19.9. The van der Waals surface area contributed by atoms with Gasteiger partial charge in [0, 0.05) is 21.2 Å². The van der Waals surface area contributed by atoms with Gasteiger partial charge < -0.3 is 9.47 Å². The molecule has 5 aromatic carbocycles. The molecule has 0 aliphatic rings. The molecule has 204 valence electrons. The number of halogens is 3. The quantitative estimate of drug-likeness (QED) is 0.0837. The van der Waals surface area contributed by atoms with Gasteiger partial charge in [0.25, 0.3) is 5.91 Å². The molecule has 9 heteroatoms. The van der Waals surface area contributed by atoms with E-state index in [0.29, 0.717) is 33.5 Å². The summed E-state index contributed by atoms with van der Waals surface area (Å²) in [4.78, 5) is 25.6. The summed E-state index contributed by atoms with van der Waals surface area (Å²) < 4.78 is 11.5. The maximum absolute atomic E-state index is 12.9. The van der Waals surface area contributed by atoms with Crippen molar-refractivity contribution in [3.8, 4) is 11.5 Å². The third-order valence-electron chi connectivity index (χ3n) is 6.08. The minimum atomic E-state index is -0.654. The number of nitrogens with one attached hydrogen (secondary N) is 1. The highest BCUT2D eigenvalue weighted by atomic mass is 35.5. The fourth-order valence-corrected chi connectivity index (χ4v) is 4.59. The summed E-state index contributed by atoms with van der Waals surface area (Å²) >= 11 is 18.1. The molecule has 5 aromatic rings. The van der Waals surface area contributed by atoms with Gasteiger partial charge >= 0.3 is 5.97 Å². The largest absolute Gasteiger partial charge is 0.489 e. The van der Waals surface area contributed by atoms with Crippen LogP contribution in [0.4, 0.5) is 0 Å². The van der Waals surface area contributed by atoms with Crippen LogP contribution in [0.5, 0.6) is 11.5 Å². The normalized spacial score (nSPS) is 11.0. The van der Waals surface area contributed by atoms with Gasteiger partial charge in [-0.3, -0.25) is 4.79 Å². The SMILES string of the molecule is O=C(NN=Cc1c(OC(=O)c2ccc(Cl)cc2Cl)ccc2ccccc12)c1ccc(OCc2ccc(Cl)cc2)cc1. The summed E-state index contributed by atoms with van der Waals surface area (Å²) in [7, 11) is 0. The van der Waals surface area contributed by atoms with Crippen LogP contribution in [0.3, 0.4) is 0 Å². The molecule has 0 aliphatic carbocycles. The lowest BCUT2D eigenvalue weighted by Gasteiger charge is -2.11. The molecule has 0 aliphatic heterocycles. The van der Waals surface area contributed by atoms with E-state index in [1.807, 2.05) is 42.5 Å². The van der Waals surface area contributed by atoms with Gasteiger partial charge in [-0.05, 0) is 77.0 Å². The number of ether oxygens (including phenoxy) is 2. The van der Waals surface area contributed by atoms with Crippen molar-refractivity contribution in [2.24, 2.45) is 5.10 Å². The molecule has 0 unspecified atom stereocenters. The van der Waals surface area contributed by atoms with Gasteiger partial charge in [-0.2, -0.15) is 5.10 Å². The molecular weight excluding hydrogens is 583 g/mol. The van der Waals surface area contributed by atoms with Gasteiger partial charge in [-0.1, -0.05) is 77.3 Å². The Labute approximate surface area is 251 Å². The molecule has 0 atom stereocenters. The molecule has 1 amide bonds. The summed E-state index contributed by atoms with van der Waals surface area (Å²) in [6.45, 7) is 0.370. The smallest absolute Gasteiger partial charge is 0.345 e. The van der Waals surface area contributed by atoms with Crippen LogP contribution in [0.15, 0.2) is 108 Å². The fourth-order valence-electron chi connectivity index (χ4n) is 3.98. The van der Waals surface area contributed by atoms with E-state index in [1.165, 1.54) is 18.3 Å². The van der Waals surface area contributed by atoms with Crippen molar-refractivity contribution in [1.29, 1.82) is 0 Å². The first kappa shape index (κ1) is 28.2. The molecule has 41 heavy (non-hydrogen) atoms. The van der Waals surface area contributed by atoms with E-state index in [-0.39, 0.29) is 16.3 Å². The predicted octanol–water partition coefficient (Wildman–Crippen LogP) is 8.36. The molecule has 5 rings (SSSR count). The van der Waals surface area contributed by atoms with Crippen LogP contribution in [-0.2, 0) is 6.61 Å². The molecule has 0 spiro atoms. The maximum Gasteiger partial charge on any atom is 0.345 e. The Morgan fingerprint density at radius 1 is 0.805 bits per heavy atom. The second kappa shape index (κ2) is 12.9. The maximum atomic E-state index is 12.9. The van der Waals surface area contributed by atoms with Gasteiger partial charge in [0.1, 0.15) is 18.1 Å². The van der Waals surface area contributed by atoms with Crippen LogP contribution < -0.4 is 14.9 Å². The Bertz CT molecular complexity index is 1750. The molecule has 0 saturated carbocycles. The van der Waals surface area contributed by atoms with E-state index in [0.717, 1.165) is 16.3 Å². The number of nitrogens with zero attached hydrogens (tertiary/aromatic N) is 1. The van der Waals surface area contributed by atoms with Crippen LogP contribution in [0.2, 0.25) is 15.1 Å². The fraction of sp³-hybridized carbons (Fsp3) is 0.0312. The summed E-state index contributed by atoms with van der Waals surface area (Å²) in [5.41, 5.74) is 4.56. The zero-order valence-electron chi connectivity index (χ0n) is 21.3. The average Bonchev–Trinajstić information content (AvgIpc) is 2.98. The summed E-state index contributed by atoms with van der Waals surface area (Å²) in [5.74, 6) is -0.209. The lowest BCUT2D eigenvalue weighted by atomic mass is 10.0. The Morgan fingerprint density at radius 3 is 2.29 bits per heavy atom. The van der Waals surface area contributed by atoms with Crippen LogP contribution in [0, 0.1) is 0 Å². The number of hydrogen-bond acceptors (Lipinski definition) is 5. The topological polar surface area (TPSA) is 77.0 Å². The number of amides is 1. The van der Waals surface area contributed by atoms with Gasteiger partial charge in [0.15, 0.2) is 0 Å². The first-order valence-electron chi connectivity index (χ1n) is 12.4. The van der Waals surface area contributed by atoms with Gasteiger partial charge in [-0.25, -0.2) is 10.2 Å². The minimum absolute atomic E-state index is 0.168. The van der Waals surface area contributed by atoms with Crippen molar-refractivity contribution in [3.63, 3.8) is 0 Å². The Morgan fingerprint density at radius 2 is 1.54 bits per heavy atom. The number of hydrogen-bond donors (Lipinski definition) is 1. The van der Waals surface area contributed by atoms with E-state index in [1.54, 1.807) is 48.5 Å². The lowest BCUT2D eigenvalue weighted by Crippen LogP contribution is -2.17. The van der Waals surface area contributed by atoms with E-state index >= 15 is 0 Å². The lowest BCUT2D eigenvalue weighted by molar-refractivity contribution is 0.0734. The summed E-state index contributed by atoms with van der Waals surface area (Å²) in [6, 6.07) is 29.6. The Hall–Kier alpha value is -4.36. The van der Waals surface area contributed by atoms with Crippen molar-refractivity contribution < 1.29 is 19.1 Å². The zero-order chi connectivity index (χ0) is 28.8. The van der Waals surface area contributed by atoms with Gasteiger partial charge in [-0.15, -0.1) is 0 Å². The van der Waals surface area contributed by atoms with Gasteiger partial charge in [0.2, 0.25) is 0 Å². The number of benzene rings is 5. The molecule has 0 aromatic heterocycles. The highest BCUT2D eigenvalue weighted by Crippen LogP contribution is 2.29. The van der Waals surface area contributed by atoms with E-state index in [2.05, 4.69) is 10.5 Å². The molecule has 6 nitrogen and oxygen atoms in total. The predicted molar refractivity (Wildman–Crippen MR) is 163 cm³/mol. The van der Waals surface area contributed by atoms with E-state index in [9.17, 15) is 9.59 Å². The van der Waals surface area contributed by atoms with E-state index < -0.39 is 11.9 Å². The van der Waals surface area contributed by atoms with E-state index in [4.69, 9.17) is 44.3 Å². The van der Waals surface area contributed by atoms with Crippen LogP contribution >= 0.6 is 34.8 Å². The summed E-state index contributed by atoms with van der Waals surface area (Å²) in [6.07, 6.45) is 1.44. The number of carbonyl (C=O) groups excluding carboxylic acids is 2. The second-order valence-electron chi connectivity index (χ2n) is 8.85. The number of hydrazone groups is 1. The van der Waals surface area contributed by atoms with Gasteiger partial charge in [0.05, 0.1) is 16.8 Å². The van der Waals surface area contributed by atoms with Crippen molar-refractivity contribution in [1.82, 2.24) is 5.43 Å². The first-order valence-corrected chi connectivity index (χ1v) is 13.5.